The Balaban J connectivity index is 0.000000774. The van der Waals surface area contributed by atoms with Crippen LogP contribution in [0.4, 0.5) is 0 Å². The van der Waals surface area contributed by atoms with Crippen LogP contribution in [0.15, 0.2) is 0 Å². The van der Waals surface area contributed by atoms with Crippen molar-refractivity contribution >= 4 is 0 Å². The first kappa shape index (κ1) is 17.3. The molecule has 1 saturated heterocycles. The molecule has 3 fully saturated rings. The fourth-order valence-electron chi connectivity index (χ4n) is 4.12. The Kier molecular flexibility index (Phi) is 7.01. The van der Waals surface area contributed by atoms with Gasteiger partial charge in [0.1, 0.15) is 0 Å². The van der Waals surface area contributed by atoms with Gasteiger partial charge in [0.05, 0.1) is 0 Å². The van der Waals surface area contributed by atoms with Gasteiger partial charge >= 0.3 is 0 Å². The van der Waals surface area contributed by atoms with E-state index in [-0.39, 0.29) is 0 Å². The molecule has 0 radical (unpaired) electrons. The Morgan fingerprint density at radius 3 is 1.76 bits per heavy atom. The van der Waals surface area contributed by atoms with Crippen molar-refractivity contribution in [3.8, 4) is 0 Å². The van der Waals surface area contributed by atoms with Gasteiger partial charge in [0.25, 0.3) is 0 Å². The van der Waals surface area contributed by atoms with Crippen LogP contribution in [0.25, 0.3) is 0 Å². The topological polar surface area (TPSA) is 6.48 Å². The lowest BCUT2D eigenvalue weighted by Crippen LogP contribution is -2.41. The van der Waals surface area contributed by atoms with E-state index in [0.717, 1.165) is 23.9 Å². The largest absolute Gasteiger partial charge is 0.303 e. The molecule has 124 valence electrons. The van der Waals surface area contributed by atoms with E-state index >= 15 is 0 Å². The molecule has 0 unspecified atom stereocenters. The van der Waals surface area contributed by atoms with Crippen LogP contribution < -0.4 is 0 Å². The van der Waals surface area contributed by atoms with Crippen molar-refractivity contribution in [2.75, 3.05) is 26.7 Å². The molecule has 0 bridgehead atoms. The third-order valence-electron chi connectivity index (χ3n) is 5.91. The highest BCUT2D eigenvalue weighted by Gasteiger charge is 2.33. The normalized spacial score (nSPS) is 31.9. The van der Waals surface area contributed by atoms with Gasteiger partial charge in [0.15, 0.2) is 0 Å². The second kappa shape index (κ2) is 8.53. The minimum absolute atomic E-state index is 0.908. The maximum absolute atomic E-state index is 2.75. The van der Waals surface area contributed by atoms with Crippen molar-refractivity contribution in [3.05, 3.63) is 0 Å². The monoisotopic (exact) mass is 294 g/mol. The predicted octanol–water partition coefficient (Wildman–Crippen LogP) is 4.40. The first-order chi connectivity index (χ1) is 10.2. The van der Waals surface area contributed by atoms with Crippen molar-refractivity contribution in [2.24, 2.45) is 11.8 Å². The molecule has 3 rings (SSSR count). The number of rotatable bonds is 4. The molecule has 0 atom stereocenters. The highest BCUT2D eigenvalue weighted by atomic mass is 15.2. The Hall–Kier alpha value is -0.0800. The third kappa shape index (κ3) is 5.25. The molecule has 1 aliphatic heterocycles. The van der Waals surface area contributed by atoms with Crippen LogP contribution in [-0.4, -0.2) is 48.6 Å². The smallest absolute Gasteiger partial charge is 0.00963 e. The zero-order valence-corrected chi connectivity index (χ0v) is 15.0. The molecule has 0 N–H and O–H groups in total. The quantitative estimate of drug-likeness (QED) is 0.758. The molecule has 21 heavy (non-hydrogen) atoms. The Morgan fingerprint density at radius 1 is 0.810 bits per heavy atom. The predicted molar refractivity (Wildman–Crippen MR) is 92.7 cm³/mol. The van der Waals surface area contributed by atoms with E-state index in [4.69, 9.17) is 0 Å². The second-order valence-corrected chi connectivity index (χ2v) is 7.55. The van der Waals surface area contributed by atoms with E-state index in [1.165, 1.54) is 71.0 Å². The maximum atomic E-state index is 2.75. The van der Waals surface area contributed by atoms with Crippen LogP contribution in [0.5, 0.6) is 0 Å². The van der Waals surface area contributed by atoms with Gasteiger partial charge in [-0.1, -0.05) is 20.8 Å². The number of piperidine rings is 1. The van der Waals surface area contributed by atoms with Crippen molar-refractivity contribution in [1.29, 1.82) is 0 Å². The first-order valence-electron chi connectivity index (χ1n) is 9.66. The number of hydrogen-bond acceptors (Lipinski definition) is 2. The lowest BCUT2D eigenvalue weighted by atomic mass is 9.84. The number of nitrogens with zero attached hydrogens (tertiary/aromatic N) is 2. The van der Waals surface area contributed by atoms with E-state index < -0.39 is 0 Å². The van der Waals surface area contributed by atoms with Gasteiger partial charge in [-0.05, 0) is 83.3 Å². The highest BCUT2D eigenvalue weighted by molar-refractivity contribution is 4.89. The van der Waals surface area contributed by atoms with Crippen LogP contribution in [0.3, 0.4) is 0 Å². The minimum atomic E-state index is 0.908. The van der Waals surface area contributed by atoms with Crippen molar-refractivity contribution in [2.45, 2.75) is 84.2 Å². The van der Waals surface area contributed by atoms with Gasteiger partial charge in [-0.15, -0.1) is 0 Å². The van der Waals surface area contributed by atoms with E-state index in [2.05, 4.69) is 23.8 Å². The molecular weight excluding hydrogens is 256 g/mol. The second-order valence-electron chi connectivity index (χ2n) is 7.55. The van der Waals surface area contributed by atoms with Crippen LogP contribution >= 0.6 is 0 Å². The fourth-order valence-corrected chi connectivity index (χ4v) is 4.12. The molecule has 0 aromatic carbocycles. The van der Waals surface area contributed by atoms with Crippen LogP contribution in [0, 0.1) is 11.8 Å². The summed E-state index contributed by atoms with van der Waals surface area (Å²) in [6.45, 7) is 10.5. The summed E-state index contributed by atoms with van der Waals surface area (Å²) < 4.78 is 0. The molecule has 2 nitrogen and oxygen atoms in total. The lowest BCUT2D eigenvalue weighted by molar-refractivity contribution is 0.116. The molecule has 0 amide bonds. The van der Waals surface area contributed by atoms with Gasteiger partial charge in [0, 0.05) is 18.6 Å². The molecule has 2 aliphatic carbocycles. The zero-order chi connectivity index (χ0) is 15.2. The highest BCUT2D eigenvalue weighted by Crippen LogP contribution is 2.34. The average molecular weight is 295 g/mol. The molecule has 0 spiro atoms. The fraction of sp³-hybridized carbons (Fsp3) is 1.00. The third-order valence-corrected chi connectivity index (χ3v) is 5.91. The standard InChI is InChI=1S/C17H32N2.C2H6/c1-14-9-11-19(12-10-14)13-15-3-5-16(6-4-15)18(2)17-7-8-17;1-2/h14-17H,3-13H2,1-2H3;1-2H3. The SMILES string of the molecule is CC.CC1CCN(CC2CCC(N(C)C3CC3)CC2)CC1. The summed E-state index contributed by atoms with van der Waals surface area (Å²) in [5, 5.41) is 0. The summed E-state index contributed by atoms with van der Waals surface area (Å²) in [5.74, 6) is 1.97. The molecule has 0 aromatic rings. The van der Waals surface area contributed by atoms with E-state index in [0.29, 0.717) is 0 Å². The summed E-state index contributed by atoms with van der Waals surface area (Å²) in [7, 11) is 2.37. The summed E-state index contributed by atoms with van der Waals surface area (Å²) in [6, 6.07) is 1.86. The van der Waals surface area contributed by atoms with E-state index in [1.807, 2.05) is 13.8 Å². The Bertz CT molecular complexity index is 271. The molecule has 1 heterocycles. The lowest BCUT2D eigenvalue weighted by Gasteiger charge is -2.38. The van der Waals surface area contributed by atoms with Gasteiger partial charge in [-0.25, -0.2) is 0 Å². The summed E-state index contributed by atoms with van der Waals surface area (Å²) >= 11 is 0. The Morgan fingerprint density at radius 2 is 1.29 bits per heavy atom. The molecule has 2 heteroatoms. The minimum Gasteiger partial charge on any atom is -0.303 e. The van der Waals surface area contributed by atoms with E-state index in [9.17, 15) is 0 Å². The molecular formula is C19H38N2. The summed E-state index contributed by atoms with van der Waals surface area (Å²) in [5.41, 5.74) is 0. The van der Waals surface area contributed by atoms with Crippen LogP contribution in [-0.2, 0) is 0 Å². The van der Waals surface area contributed by atoms with Gasteiger partial charge in [-0.3, -0.25) is 0 Å². The average Bonchev–Trinajstić information content (AvgIpc) is 3.37. The molecule has 2 saturated carbocycles. The number of likely N-dealkylation sites (tertiary alicyclic amines) is 1. The van der Waals surface area contributed by atoms with Crippen LogP contribution in [0.1, 0.15) is 72.1 Å². The van der Waals surface area contributed by atoms with Crippen molar-refractivity contribution in [1.82, 2.24) is 9.80 Å². The summed E-state index contributed by atoms with van der Waals surface area (Å²) in [6.07, 6.45) is 11.7. The molecule has 3 aliphatic rings. The van der Waals surface area contributed by atoms with Gasteiger partial charge in [0.2, 0.25) is 0 Å². The van der Waals surface area contributed by atoms with Crippen molar-refractivity contribution in [3.63, 3.8) is 0 Å². The van der Waals surface area contributed by atoms with Gasteiger partial charge in [-0.2, -0.15) is 0 Å². The van der Waals surface area contributed by atoms with E-state index in [1.54, 1.807) is 0 Å². The summed E-state index contributed by atoms with van der Waals surface area (Å²) in [4.78, 5) is 5.44. The molecule has 0 aromatic heterocycles. The zero-order valence-electron chi connectivity index (χ0n) is 15.0. The Labute approximate surface area is 133 Å². The van der Waals surface area contributed by atoms with Crippen LogP contribution in [0.2, 0.25) is 0 Å². The van der Waals surface area contributed by atoms with Gasteiger partial charge < -0.3 is 9.80 Å². The number of hydrogen-bond donors (Lipinski definition) is 0. The maximum Gasteiger partial charge on any atom is 0.00963 e. The van der Waals surface area contributed by atoms with Crippen molar-refractivity contribution < 1.29 is 0 Å². The first-order valence-corrected chi connectivity index (χ1v) is 9.66.